The molecule has 0 aliphatic rings. The van der Waals surface area contributed by atoms with Crippen LogP contribution in [0.25, 0.3) is 0 Å². The van der Waals surface area contributed by atoms with Gasteiger partial charge in [-0.2, -0.15) is 12.6 Å². The molecule has 0 N–H and O–H groups in total. The lowest BCUT2D eigenvalue weighted by Gasteiger charge is -2.15. The molecule has 0 saturated heterocycles. The van der Waals surface area contributed by atoms with Gasteiger partial charge in [0, 0.05) is 0 Å². The quantitative estimate of drug-likeness (QED) is 0.454. The highest BCUT2D eigenvalue weighted by Crippen LogP contribution is 2.23. The van der Waals surface area contributed by atoms with Gasteiger partial charge in [0.25, 0.3) is 0 Å². The minimum absolute atomic E-state index is 0.898. The van der Waals surface area contributed by atoms with Gasteiger partial charge < -0.3 is 0 Å². The monoisotopic (exact) mass is 214 g/mol. The van der Waals surface area contributed by atoms with Crippen LogP contribution in [0.1, 0.15) is 59.8 Å². The van der Waals surface area contributed by atoms with E-state index in [-0.39, 0.29) is 0 Å². The van der Waals surface area contributed by atoms with Crippen LogP contribution >= 0.6 is 12.6 Å². The molecule has 0 aromatic heterocycles. The average molecular weight is 214 g/mol. The summed E-state index contributed by atoms with van der Waals surface area (Å²) >= 11 is 4.28. The summed E-state index contributed by atoms with van der Waals surface area (Å²) in [6, 6.07) is 0. The summed E-state index contributed by atoms with van der Waals surface area (Å²) in [6.45, 7) is 9.13. The third-order valence-electron chi connectivity index (χ3n) is 3.08. The molecule has 0 heterocycles. The van der Waals surface area contributed by atoms with E-state index >= 15 is 0 Å². The van der Waals surface area contributed by atoms with Crippen LogP contribution < -0.4 is 0 Å². The highest BCUT2D eigenvalue weighted by molar-refractivity contribution is 7.80. The fraction of sp³-hybridized carbons (Fsp3) is 0.846. The molecule has 1 atom stereocenters. The Balaban J connectivity index is 4.11. The fourth-order valence-electron chi connectivity index (χ4n) is 1.85. The Bertz CT molecular complexity index is 170. The maximum atomic E-state index is 4.28. The van der Waals surface area contributed by atoms with Crippen molar-refractivity contribution in [3.8, 4) is 0 Å². The lowest BCUT2D eigenvalue weighted by Crippen LogP contribution is -2.00. The second-order valence-electron chi connectivity index (χ2n) is 4.30. The van der Waals surface area contributed by atoms with Gasteiger partial charge in [-0.05, 0) is 38.4 Å². The molecule has 0 rings (SSSR count). The summed E-state index contributed by atoms with van der Waals surface area (Å²) in [6.07, 6.45) is 6.46. The predicted molar refractivity (Wildman–Crippen MR) is 70.2 cm³/mol. The van der Waals surface area contributed by atoms with Gasteiger partial charge in [-0.15, -0.1) is 0 Å². The van der Waals surface area contributed by atoms with Crippen molar-refractivity contribution in [1.29, 1.82) is 0 Å². The van der Waals surface area contributed by atoms with Gasteiger partial charge in [0.15, 0.2) is 0 Å². The number of hydrogen-bond acceptors (Lipinski definition) is 1. The van der Waals surface area contributed by atoms with E-state index in [1.54, 1.807) is 11.1 Å². The third-order valence-corrected chi connectivity index (χ3v) is 3.31. The van der Waals surface area contributed by atoms with Crippen LogP contribution in [-0.4, -0.2) is 5.75 Å². The maximum absolute atomic E-state index is 4.28. The summed E-state index contributed by atoms with van der Waals surface area (Å²) in [5.41, 5.74) is 3.15. The smallest absolute Gasteiger partial charge is 0.00606 e. The first kappa shape index (κ1) is 14.1. The summed E-state index contributed by atoms with van der Waals surface area (Å²) in [5.74, 6) is 1.88. The zero-order chi connectivity index (χ0) is 11.0. The molecule has 0 spiro atoms. The van der Waals surface area contributed by atoms with Gasteiger partial charge in [-0.25, -0.2) is 0 Å². The Morgan fingerprint density at radius 3 is 2.21 bits per heavy atom. The fourth-order valence-corrected chi connectivity index (χ4v) is 2.18. The molecule has 0 bridgehead atoms. The molecule has 1 unspecified atom stereocenters. The first-order valence-electron chi connectivity index (χ1n) is 5.91. The second kappa shape index (κ2) is 8.40. The van der Waals surface area contributed by atoms with Crippen molar-refractivity contribution >= 4 is 12.6 Å². The molecule has 0 amide bonds. The van der Waals surface area contributed by atoms with Crippen LogP contribution in [0.15, 0.2) is 11.1 Å². The molecule has 0 aliphatic heterocycles. The van der Waals surface area contributed by atoms with Crippen molar-refractivity contribution in [2.45, 2.75) is 59.8 Å². The number of hydrogen-bond donors (Lipinski definition) is 1. The first-order valence-corrected chi connectivity index (χ1v) is 6.54. The van der Waals surface area contributed by atoms with E-state index in [1.165, 1.54) is 25.7 Å². The van der Waals surface area contributed by atoms with Crippen LogP contribution in [-0.2, 0) is 0 Å². The summed E-state index contributed by atoms with van der Waals surface area (Å²) < 4.78 is 0. The molecule has 0 saturated carbocycles. The Morgan fingerprint density at radius 1 is 1.14 bits per heavy atom. The molecule has 84 valence electrons. The Morgan fingerprint density at radius 2 is 1.79 bits per heavy atom. The van der Waals surface area contributed by atoms with Crippen LogP contribution in [0.3, 0.4) is 0 Å². The van der Waals surface area contributed by atoms with Crippen molar-refractivity contribution in [2.75, 3.05) is 5.75 Å². The zero-order valence-corrected chi connectivity index (χ0v) is 11.2. The lowest BCUT2D eigenvalue weighted by molar-refractivity contribution is 0.459. The van der Waals surface area contributed by atoms with Gasteiger partial charge >= 0.3 is 0 Å². The van der Waals surface area contributed by atoms with Crippen LogP contribution in [0.4, 0.5) is 0 Å². The van der Waals surface area contributed by atoms with E-state index in [1.807, 2.05) is 0 Å². The molecular formula is C13H26S. The molecule has 0 fully saturated rings. The van der Waals surface area contributed by atoms with Crippen molar-refractivity contribution < 1.29 is 0 Å². The van der Waals surface area contributed by atoms with Gasteiger partial charge in [0.2, 0.25) is 0 Å². The SMILES string of the molecule is CCCC(CC)CC(C)=C(C)CCS. The van der Waals surface area contributed by atoms with Gasteiger partial charge in [-0.3, -0.25) is 0 Å². The molecule has 1 heteroatoms. The van der Waals surface area contributed by atoms with E-state index in [2.05, 4.69) is 40.3 Å². The first-order chi connectivity index (χ1) is 6.65. The van der Waals surface area contributed by atoms with E-state index < -0.39 is 0 Å². The summed E-state index contributed by atoms with van der Waals surface area (Å²) in [7, 11) is 0. The minimum Gasteiger partial charge on any atom is -0.179 e. The number of rotatable bonds is 7. The van der Waals surface area contributed by atoms with Gasteiger partial charge in [0.1, 0.15) is 0 Å². The highest BCUT2D eigenvalue weighted by atomic mass is 32.1. The molecule has 0 radical (unpaired) electrons. The largest absolute Gasteiger partial charge is 0.179 e. The topological polar surface area (TPSA) is 0 Å². The molecule has 0 aromatic rings. The Kier molecular flexibility index (Phi) is 8.46. The average Bonchev–Trinajstić information content (AvgIpc) is 2.17. The molecule has 0 aliphatic carbocycles. The van der Waals surface area contributed by atoms with Crippen LogP contribution in [0, 0.1) is 5.92 Å². The number of thiol groups is 1. The number of allylic oxidation sites excluding steroid dienone is 2. The Hall–Kier alpha value is 0.0900. The van der Waals surface area contributed by atoms with Crippen molar-refractivity contribution in [3.63, 3.8) is 0 Å². The van der Waals surface area contributed by atoms with Crippen LogP contribution in [0.2, 0.25) is 0 Å². The van der Waals surface area contributed by atoms with E-state index in [0.717, 1.165) is 18.1 Å². The normalized spacial score (nSPS) is 15.2. The lowest BCUT2D eigenvalue weighted by atomic mass is 9.91. The molecule has 0 aromatic carbocycles. The standard InChI is InChI=1S/C13H26S/c1-5-7-13(6-2)10-12(4)11(3)8-9-14/h13-14H,5-10H2,1-4H3. The molecular weight excluding hydrogens is 188 g/mol. The zero-order valence-electron chi connectivity index (χ0n) is 10.3. The minimum atomic E-state index is 0.898. The van der Waals surface area contributed by atoms with Crippen molar-refractivity contribution in [2.24, 2.45) is 5.92 Å². The van der Waals surface area contributed by atoms with Gasteiger partial charge in [0.05, 0.1) is 0 Å². The molecule has 0 nitrogen and oxygen atoms in total. The van der Waals surface area contributed by atoms with Crippen molar-refractivity contribution in [3.05, 3.63) is 11.1 Å². The molecule has 14 heavy (non-hydrogen) atoms. The van der Waals surface area contributed by atoms with Crippen LogP contribution in [0.5, 0.6) is 0 Å². The van der Waals surface area contributed by atoms with E-state index in [9.17, 15) is 0 Å². The summed E-state index contributed by atoms with van der Waals surface area (Å²) in [4.78, 5) is 0. The Labute approximate surface area is 95.6 Å². The maximum Gasteiger partial charge on any atom is -0.00606 e. The third kappa shape index (κ3) is 5.74. The van der Waals surface area contributed by atoms with Crippen molar-refractivity contribution in [1.82, 2.24) is 0 Å². The van der Waals surface area contributed by atoms with Gasteiger partial charge in [-0.1, -0.05) is 44.3 Å². The second-order valence-corrected chi connectivity index (χ2v) is 4.75. The summed E-state index contributed by atoms with van der Waals surface area (Å²) in [5, 5.41) is 0. The predicted octanol–water partition coefficient (Wildman–Crippen LogP) is 4.86. The van der Waals surface area contributed by atoms with E-state index in [0.29, 0.717) is 0 Å². The highest BCUT2D eigenvalue weighted by Gasteiger charge is 2.07. The van der Waals surface area contributed by atoms with E-state index in [4.69, 9.17) is 0 Å².